The maximum absolute atomic E-state index is 12.1. The van der Waals surface area contributed by atoms with Crippen molar-refractivity contribution < 1.29 is 9.53 Å². The van der Waals surface area contributed by atoms with Crippen LogP contribution in [0.25, 0.3) is 0 Å². The number of nitrogens with one attached hydrogen (secondary N) is 2. The van der Waals surface area contributed by atoms with E-state index < -0.39 is 0 Å². The molecule has 0 saturated carbocycles. The Morgan fingerprint density at radius 2 is 2.00 bits per heavy atom. The van der Waals surface area contributed by atoms with Gasteiger partial charge in [0.25, 0.3) is 0 Å². The van der Waals surface area contributed by atoms with Gasteiger partial charge >= 0.3 is 6.03 Å². The standard InChI is InChI=1S/C16H25N3O2/c1-19(12-14-7-9-17-10-8-14)16(20)18-11-13-3-5-15(21-2)6-4-13/h3-6,14,17H,7-12H2,1-2H3,(H,18,20). The summed E-state index contributed by atoms with van der Waals surface area (Å²) in [6.07, 6.45) is 2.30. The maximum Gasteiger partial charge on any atom is 0.317 e. The Balaban J connectivity index is 1.74. The Kier molecular flexibility index (Phi) is 5.87. The van der Waals surface area contributed by atoms with Gasteiger partial charge < -0.3 is 20.3 Å². The lowest BCUT2D eigenvalue weighted by Gasteiger charge is -2.27. The molecule has 21 heavy (non-hydrogen) atoms. The Bertz CT molecular complexity index is 441. The van der Waals surface area contributed by atoms with E-state index in [-0.39, 0.29) is 6.03 Å². The second-order valence-corrected chi connectivity index (χ2v) is 5.58. The molecule has 1 aromatic carbocycles. The molecule has 2 N–H and O–H groups in total. The number of rotatable bonds is 5. The molecule has 0 aromatic heterocycles. The van der Waals surface area contributed by atoms with Crippen LogP contribution in [-0.4, -0.2) is 44.7 Å². The number of amides is 2. The largest absolute Gasteiger partial charge is 0.497 e. The molecule has 1 saturated heterocycles. The minimum absolute atomic E-state index is 0.00986. The summed E-state index contributed by atoms with van der Waals surface area (Å²) in [6.45, 7) is 3.49. The van der Waals surface area contributed by atoms with Crippen molar-refractivity contribution in [2.45, 2.75) is 19.4 Å². The van der Waals surface area contributed by atoms with Crippen molar-refractivity contribution in [3.8, 4) is 5.75 Å². The van der Waals surface area contributed by atoms with Crippen LogP contribution in [0.1, 0.15) is 18.4 Å². The Hall–Kier alpha value is -1.75. The van der Waals surface area contributed by atoms with Crippen molar-refractivity contribution >= 4 is 6.03 Å². The third-order valence-electron chi connectivity index (χ3n) is 3.94. The fourth-order valence-electron chi connectivity index (χ4n) is 2.59. The van der Waals surface area contributed by atoms with Crippen LogP contribution in [0.5, 0.6) is 5.75 Å². The highest BCUT2D eigenvalue weighted by Crippen LogP contribution is 2.13. The second kappa shape index (κ2) is 7.88. The monoisotopic (exact) mass is 291 g/mol. The number of carbonyl (C=O) groups excluding carboxylic acids is 1. The van der Waals surface area contributed by atoms with Gasteiger partial charge in [-0.1, -0.05) is 12.1 Å². The minimum Gasteiger partial charge on any atom is -0.497 e. The third-order valence-corrected chi connectivity index (χ3v) is 3.94. The predicted octanol–water partition coefficient (Wildman–Crippen LogP) is 1.84. The van der Waals surface area contributed by atoms with Crippen molar-refractivity contribution in [2.75, 3.05) is 33.8 Å². The molecule has 0 atom stereocenters. The zero-order chi connectivity index (χ0) is 15.1. The van der Waals surface area contributed by atoms with Crippen molar-refractivity contribution in [3.63, 3.8) is 0 Å². The van der Waals surface area contributed by atoms with Gasteiger partial charge in [-0.3, -0.25) is 0 Å². The summed E-state index contributed by atoms with van der Waals surface area (Å²) in [5.74, 6) is 1.44. The number of piperidine rings is 1. The zero-order valence-electron chi connectivity index (χ0n) is 12.9. The first-order valence-corrected chi connectivity index (χ1v) is 7.51. The van der Waals surface area contributed by atoms with E-state index in [0.29, 0.717) is 12.5 Å². The van der Waals surface area contributed by atoms with Crippen molar-refractivity contribution in [1.82, 2.24) is 15.5 Å². The molecule has 0 spiro atoms. The fraction of sp³-hybridized carbons (Fsp3) is 0.562. The lowest BCUT2D eigenvalue weighted by molar-refractivity contribution is 0.193. The lowest BCUT2D eigenvalue weighted by Crippen LogP contribution is -2.41. The molecule has 2 amide bonds. The van der Waals surface area contributed by atoms with Gasteiger partial charge in [-0.05, 0) is 49.5 Å². The van der Waals surface area contributed by atoms with Gasteiger partial charge in [0.2, 0.25) is 0 Å². The zero-order valence-corrected chi connectivity index (χ0v) is 12.9. The minimum atomic E-state index is -0.00986. The summed E-state index contributed by atoms with van der Waals surface area (Å²) < 4.78 is 5.12. The van der Waals surface area contributed by atoms with Crippen molar-refractivity contribution in [3.05, 3.63) is 29.8 Å². The second-order valence-electron chi connectivity index (χ2n) is 5.58. The summed E-state index contributed by atoms with van der Waals surface area (Å²) in [5, 5.41) is 6.30. The van der Waals surface area contributed by atoms with Crippen LogP contribution in [0.2, 0.25) is 0 Å². The Labute approximate surface area is 126 Å². The predicted molar refractivity (Wildman–Crippen MR) is 83.5 cm³/mol. The molecule has 0 radical (unpaired) electrons. The van der Waals surface area contributed by atoms with E-state index in [4.69, 9.17) is 4.74 Å². The number of carbonyl (C=O) groups is 1. The molecule has 0 unspecified atom stereocenters. The van der Waals surface area contributed by atoms with Gasteiger partial charge in [0.15, 0.2) is 0 Å². The quantitative estimate of drug-likeness (QED) is 0.870. The van der Waals surface area contributed by atoms with Gasteiger partial charge in [-0.2, -0.15) is 0 Å². The number of hydrogen-bond donors (Lipinski definition) is 2. The van der Waals surface area contributed by atoms with E-state index in [1.54, 1.807) is 12.0 Å². The number of hydrogen-bond acceptors (Lipinski definition) is 3. The van der Waals surface area contributed by atoms with Gasteiger partial charge in [0, 0.05) is 20.1 Å². The molecule has 1 aliphatic rings. The van der Waals surface area contributed by atoms with E-state index in [0.717, 1.165) is 43.8 Å². The Morgan fingerprint density at radius 3 is 2.62 bits per heavy atom. The van der Waals surface area contributed by atoms with Crippen LogP contribution < -0.4 is 15.4 Å². The van der Waals surface area contributed by atoms with Crippen LogP contribution in [0.4, 0.5) is 4.79 Å². The molecule has 5 heteroatoms. The van der Waals surface area contributed by atoms with Crippen LogP contribution in [0.3, 0.4) is 0 Å². The first kappa shape index (κ1) is 15.6. The molecular weight excluding hydrogens is 266 g/mol. The lowest BCUT2D eigenvalue weighted by atomic mass is 9.98. The number of benzene rings is 1. The number of methoxy groups -OCH3 is 1. The topological polar surface area (TPSA) is 53.6 Å². The summed E-state index contributed by atoms with van der Waals surface area (Å²) >= 11 is 0. The van der Waals surface area contributed by atoms with E-state index in [1.807, 2.05) is 31.3 Å². The highest BCUT2D eigenvalue weighted by atomic mass is 16.5. The van der Waals surface area contributed by atoms with E-state index >= 15 is 0 Å². The summed E-state index contributed by atoms with van der Waals surface area (Å²) in [5.41, 5.74) is 1.07. The van der Waals surface area contributed by atoms with Crippen LogP contribution in [0, 0.1) is 5.92 Å². The van der Waals surface area contributed by atoms with E-state index in [9.17, 15) is 4.79 Å². The van der Waals surface area contributed by atoms with Gasteiger partial charge in [-0.25, -0.2) is 4.79 Å². The summed E-state index contributed by atoms with van der Waals surface area (Å²) in [4.78, 5) is 13.9. The first-order valence-electron chi connectivity index (χ1n) is 7.51. The average molecular weight is 291 g/mol. The van der Waals surface area contributed by atoms with Crippen LogP contribution in [-0.2, 0) is 6.54 Å². The van der Waals surface area contributed by atoms with Gasteiger partial charge in [-0.15, -0.1) is 0 Å². The normalized spacial score (nSPS) is 15.5. The van der Waals surface area contributed by atoms with E-state index in [2.05, 4.69) is 10.6 Å². The molecule has 0 aliphatic carbocycles. The number of nitrogens with zero attached hydrogens (tertiary/aromatic N) is 1. The molecule has 0 bridgehead atoms. The maximum atomic E-state index is 12.1. The van der Waals surface area contributed by atoms with Crippen LogP contribution in [0.15, 0.2) is 24.3 Å². The Morgan fingerprint density at radius 1 is 1.33 bits per heavy atom. The highest BCUT2D eigenvalue weighted by molar-refractivity contribution is 5.73. The summed E-state index contributed by atoms with van der Waals surface area (Å²) in [6, 6.07) is 7.72. The molecule has 2 rings (SSSR count). The fourth-order valence-corrected chi connectivity index (χ4v) is 2.59. The van der Waals surface area contributed by atoms with E-state index in [1.165, 1.54) is 0 Å². The van der Waals surface area contributed by atoms with Gasteiger partial charge in [0.1, 0.15) is 5.75 Å². The first-order chi connectivity index (χ1) is 10.2. The van der Waals surface area contributed by atoms with Crippen molar-refractivity contribution in [2.24, 2.45) is 5.92 Å². The molecule has 1 heterocycles. The smallest absolute Gasteiger partial charge is 0.317 e. The van der Waals surface area contributed by atoms with Crippen LogP contribution >= 0.6 is 0 Å². The molecule has 5 nitrogen and oxygen atoms in total. The third kappa shape index (κ3) is 4.93. The molecular formula is C16H25N3O2. The molecule has 1 fully saturated rings. The molecule has 1 aromatic rings. The number of ether oxygens (including phenoxy) is 1. The van der Waals surface area contributed by atoms with Crippen molar-refractivity contribution in [1.29, 1.82) is 0 Å². The van der Waals surface area contributed by atoms with Gasteiger partial charge in [0.05, 0.1) is 7.11 Å². The highest BCUT2D eigenvalue weighted by Gasteiger charge is 2.17. The number of urea groups is 1. The SMILES string of the molecule is COc1ccc(CNC(=O)N(C)CC2CCNCC2)cc1. The molecule has 1 aliphatic heterocycles. The average Bonchev–Trinajstić information content (AvgIpc) is 2.54. The summed E-state index contributed by atoms with van der Waals surface area (Å²) in [7, 11) is 3.51. The molecule has 116 valence electrons.